The Morgan fingerprint density at radius 1 is 1.23 bits per heavy atom. The summed E-state index contributed by atoms with van der Waals surface area (Å²) in [6, 6.07) is 5.46. The van der Waals surface area contributed by atoms with E-state index in [9.17, 15) is 14.0 Å². The van der Waals surface area contributed by atoms with Crippen molar-refractivity contribution in [2.75, 3.05) is 18.5 Å². The largest absolute Gasteiger partial charge is 0.484 e. The Bertz CT molecular complexity index is 915. The highest BCUT2D eigenvalue weighted by Crippen LogP contribution is 2.44. The highest BCUT2D eigenvalue weighted by molar-refractivity contribution is 7.17. The number of thiophene rings is 1. The van der Waals surface area contributed by atoms with Crippen LogP contribution in [0.25, 0.3) is 0 Å². The predicted molar refractivity (Wildman–Crippen MR) is 116 cm³/mol. The summed E-state index contributed by atoms with van der Waals surface area (Å²) in [6.07, 6.45) is 2.68. The fraction of sp³-hybridized carbons (Fsp3) is 0.478. The van der Waals surface area contributed by atoms with Crippen molar-refractivity contribution >= 4 is 28.2 Å². The minimum atomic E-state index is -0.404. The molecule has 0 saturated heterocycles. The number of ether oxygens (including phenoxy) is 2. The molecule has 0 saturated carbocycles. The third kappa shape index (κ3) is 5.19. The van der Waals surface area contributed by atoms with E-state index in [0.29, 0.717) is 22.2 Å². The molecule has 0 unspecified atom stereocenters. The molecule has 1 aliphatic carbocycles. The molecule has 7 heteroatoms. The molecule has 162 valence electrons. The van der Waals surface area contributed by atoms with Gasteiger partial charge in [-0.2, -0.15) is 0 Å². The van der Waals surface area contributed by atoms with E-state index in [4.69, 9.17) is 9.47 Å². The lowest BCUT2D eigenvalue weighted by molar-refractivity contribution is -0.118. The highest BCUT2D eigenvalue weighted by Gasteiger charge is 2.34. The Labute approximate surface area is 180 Å². The molecule has 1 aromatic heterocycles. The molecule has 1 amide bonds. The number of halogens is 1. The van der Waals surface area contributed by atoms with Gasteiger partial charge < -0.3 is 14.8 Å². The van der Waals surface area contributed by atoms with Gasteiger partial charge >= 0.3 is 5.97 Å². The molecule has 3 rings (SSSR count). The molecular weight excluding hydrogens is 405 g/mol. The lowest BCUT2D eigenvalue weighted by Gasteiger charge is -2.33. The van der Waals surface area contributed by atoms with Gasteiger partial charge in [0.15, 0.2) is 6.61 Å². The van der Waals surface area contributed by atoms with Gasteiger partial charge in [0, 0.05) is 4.88 Å². The molecule has 0 fully saturated rings. The summed E-state index contributed by atoms with van der Waals surface area (Å²) in [7, 11) is 0. The van der Waals surface area contributed by atoms with E-state index in [0.717, 1.165) is 29.7 Å². The summed E-state index contributed by atoms with van der Waals surface area (Å²) in [6.45, 7) is 8.51. The third-order valence-electron chi connectivity index (χ3n) is 5.41. The van der Waals surface area contributed by atoms with Crippen LogP contribution >= 0.6 is 11.3 Å². The van der Waals surface area contributed by atoms with E-state index in [2.05, 4.69) is 26.1 Å². The summed E-state index contributed by atoms with van der Waals surface area (Å²) in [5.74, 6) is -0.238. The van der Waals surface area contributed by atoms with Crippen molar-refractivity contribution in [3.63, 3.8) is 0 Å². The van der Waals surface area contributed by atoms with Crippen LogP contribution < -0.4 is 10.1 Å². The molecule has 1 aromatic carbocycles. The summed E-state index contributed by atoms with van der Waals surface area (Å²) < 4.78 is 23.7. The van der Waals surface area contributed by atoms with E-state index in [1.54, 1.807) is 6.92 Å². The highest BCUT2D eigenvalue weighted by atomic mass is 32.1. The fourth-order valence-corrected chi connectivity index (χ4v) is 5.01. The zero-order chi connectivity index (χ0) is 21.9. The van der Waals surface area contributed by atoms with Crippen LogP contribution in [0.3, 0.4) is 0 Å². The second-order valence-electron chi connectivity index (χ2n) is 8.52. The van der Waals surface area contributed by atoms with Gasteiger partial charge in [0.2, 0.25) is 0 Å². The lowest BCUT2D eigenvalue weighted by Crippen LogP contribution is -2.26. The number of rotatable bonds is 6. The zero-order valence-corrected chi connectivity index (χ0v) is 18.7. The molecule has 1 atom stereocenters. The van der Waals surface area contributed by atoms with E-state index in [1.165, 1.54) is 35.6 Å². The van der Waals surface area contributed by atoms with Crippen LogP contribution in [0.5, 0.6) is 5.75 Å². The maximum Gasteiger partial charge on any atom is 0.341 e. The van der Waals surface area contributed by atoms with Crippen LogP contribution in [-0.2, 0) is 22.4 Å². The molecule has 1 aliphatic rings. The van der Waals surface area contributed by atoms with Crippen LogP contribution in [0.2, 0.25) is 0 Å². The Morgan fingerprint density at radius 2 is 1.93 bits per heavy atom. The van der Waals surface area contributed by atoms with Gasteiger partial charge in [-0.25, -0.2) is 9.18 Å². The smallest absolute Gasteiger partial charge is 0.341 e. The van der Waals surface area contributed by atoms with Gasteiger partial charge in [-0.05, 0) is 67.3 Å². The number of esters is 1. The minimum Gasteiger partial charge on any atom is -0.484 e. The first kappa shape index (κ1) is 22.3. The van der Waals surface area contributed by atoms with Gasteiger partial charge in [-0.15, -0.1) is 11.3 Å². The van der Waals surface area contributed by atoms with Gasteiger partial charge in [-0.1, -0.05) is 20.8 Å². The first-order valence-electron chi connectivity index (χ1n) is 10.2. The molecule has 30 heavy (non-hydrogen) atoms. The fourth-order valence-electron chi connectivity index (χ4n) is 3.67. The summed E-state index contributed by atoms with van der Waals surface area (Å²) in [5.41, 5.74) is 1.64. The van der Waals surface area contributed by atoms with E-state index >= 15 is 0 Å². The summed E-state index contributed by atoms with van der Waals surface area (Å²) in [4.78, 5) is 26.2. The van der Waals surface area contributed by atoms with E-state index in [-0.39, 0.29) is 30.4 Å². The average Bonchev–Trinajstić information content (AvgIpc) is 3.04. The van der Waals surface area contributed by atoms with Crippen LogP contribution in [0.1, 0.15) is 54.9 Å². The Balaban J connectivity index is 1.77. The second kappa shape index (κ2) is 9.16. The average molecular weight is 434 g/mol. The molecule has 0 radical (unpaired) electrons. The first-order chi connectivity index (χ1) is 14.2. The van der Waals surface area contributed by atoms with E-state index < -0.39 is 5.97 Å². The third-order valence-corrected chi connectivity index (χ3v) is 6.58. The molecule has 0 aliphatic heterocycles. The van der Waals surface area contributed by atoms with Crippen LogP contribution in [0.4, 0.5) is 9.39 Å². The van der Waals surface area contributed by atoms with Crippen molar-refractivity contribution < 1.29 is 23.5 Å². The Kier molecular flexibility index (Phi) is 6.81. The molecule has 0 spiro atoms. The van der Waals surface area contributed by atoms with Crippen LogP contribution in [-0.4, -0.2) is 25.1 Å². The van der Waals surface area contributed by atoms with Crippen LogP contribution in [0.15, 0.2) is 24.3 Å². The number of carbonyl (C=O) groups excluding carboxylic acids is 2. The van der Waals surface area contributed by atoms with Gasteiger partial charge in [0.05, 0.1) is 12.2 Å². The quantitative estimate of drug-likeness (QED) is 0.634. The SMILES string of the molecule is CCOC(=O)c1c(NC(=O)COc2ccc(F)cc2)sc2c1CC[C@H](C(C)(C)C)C2. The van der Waals surface area contributed by atoms with E-state index in [1.807, 2.05) is 0 Å². The molecule has 1 heterocycles. The number of fused-ring (bicyclic) bond motifs is 1. The lowest BCUT2D eigenvalue weighted by atomic mass is 9.72. The first-order valence-corrected chi connectivity index (χ1v) is 11.0. The normalized spacial score (nSPS) is 16.0. The molecule has 5 nitrogen and oxygen atoms in total. The van der Waals surface area contributed by atoms with Gasteiger partial charge in [0.1, 0.15) is 16.6 Å². The standard InChI is InChI=1S/C23H28FNO4S/c1-5-28-22(27)20-17-11-6-14(23(2,3)4)12-18(17)30-21(20)25-19(26)13-29-16-9-7-15(24)8-10-16/h7-10,14H,5-6,11-13H2,1-4H3,(H,25,26)/t14-/m0/s1. The Hall–Kier alpha value is -2.41. The minimum absolute atomic E-state index is 0.179. The van der Waals surface area contributed by atoms with Crippen molar-refractivity contribution in [1.82, 2.24) is 0 Å². The van der Waals surface area contributed by atoms with Gasteiger partial charge in [0.25, 0.3) is 5.91 Å². The predicted octanol–water partition coefficient (Wildman–Crippen LogP) is 5.23. The number of benzene rings is 1. The molecule has 2 aromatic rings. The van der Waals surface area contributed by atoms with Crippen molar-refractivity contribution in [2.45, 2.75) is 47.0 Å². The molecule has 1 N–H and O–H groups in total. The van der Waals surface area contributed by atoms with Crippen molar-refractivity contribution in [3.05, 3.63) is 46.1 Å². The second-order valence-corrected chi connectivity index (χ2v) is 9.63. The zero-order valence-electron chi connectivity index (χ0n) is 17.8. The number of carbonyl (C=O) groups is 2. The van der Waals surface area contributed by atoms with Gasteiger partial charge in [-0.3, -0.25) is 4.79 Å². The topological polar surface area (TPSA) is 64.6 Å². The number of hydrogen-bond donors (Lipinski definition) is 1. The summed E-state index contributed by atoms with van der Waals surface area (Å²) >= 11 is 1.45. The number of anilines is 1. The maximum atomic E-state index is 13.0. The maximum absolute atomic E-state index is 13.0. The van der Waals surface area contributed by atoms with Crippen molar-refractivity contribution in [1.29, 1.82) is 0 Å². The molecular formula is C23H28FNO4S. The Morgan fingerprint density at radius 3 is 2.57 bits per heavy atom. The van der Waals surface area contributed by atoms with Crippen molar-refractivity contribution in [2.24, 2.45) is 11.3 Å². The molecule has 0 bridgehead atoms. The van der Waals surface area contributed by atoms with Crippen LogP contribution in [0, 0.1) is 17.2 Å². The number of nitrogens with one attached hydrogen (secondary N) is 1. The van der Waals surface area contributed by atoms with Crippen molar-refractivity contribution in [3.8, 4) is 5.75 Å². The number of hydrogen-bond acceptors (Lipinski definition) is 5. The number of amides is 1. The summed E-state index contributed by atoms with van der Waals surface area (Å²) in [5, 5.41) is 3.34. The monoisotopic (exact) mass is 433 g/mol.